The fourth-order valence-corrected chi connectivity index (χ4v) is 3.10. The maximum absolute atomic E-state index is 13.5. The Morgan fingerprint density at radius 1 is 0.316 bits per heavy atom. The predicted octanol–water partition coefficient (Wildman–Crippen LogP) is 7.78. The van der Waals surface area contributed by atoms with Crippen LogP contribution in [0.2, 0.25) is 0 Å². The maximum Gasteiger partial charge on any atom is 0.312 e. The molecule has 0 bridgehead atoms. The maximum atomic E-state index is 13.5. The summed E-state index contributed by atoms with van der Waals surface area (Å²) >= 11 is 0. The number of carbonyl (C=O) groups is 3. The van der Waals surface area contributed by atoms with Crippen LogP contribution in [0.4, 0.5) is 0 Å². The standard InChI is InChI=1S/C39H74O18/c1-31(2,3)46-52-37(19,53-47-32(4,5)6)22-28(40)43-25-27(45-30(42)24-39(21,56-50-35(13,14)15)57-51-36(16,17)18)26-44-29(41)23-38(20,54-48-33(7,8)9)55-49-34(10,11)12/h27H,22-26H2,1-21H3. The molecular formula is C39H74O18. The number of rotatable bonds is 23. The van der Waals surface area contributed by atoms with Crippen LogP contribution in [-0.4, -0.2) is 88.2 Å². The second-order valence-corrected chi connectivity index (χ2v) is 20.1. The zero-order chi connectivity index (χ0) is 45.0. The zero-order valence-electron chi connectivity index (χ0n) is 38.5. The molecule has 0 heterocycles. The Labute approximate surface area is 339 Å². The van der Waals surface area contributed by atoms with Crippen molar-refractivity contribution in [3.8, 4) is 0 Å². The molecule has 0 aromatic rings. The van der Waals surface area contributed by atoms with E-state index in [1.165, 1.54) is 20.8 Å². The topological polar surface area (TPSA) is 190 Å². The van der Waals surface area contributed by atoms with Gasteiger partial charge in [0.1, 0.15) is 32.5 Å². The second kappa shape index (κ2) is 21.4. The van der Waals surface area contributed by atoms with E-state index in [4.69, 9.17) is 72.9 Å². The fourth-order valence-electron chi connectivity index (χ4n) is 3.10. The van der Waals surface area contributed by atoms with E-state index in [0.717, 1.165) is 0 Å². The number of esters is 3. The molecule has 0 aromatic heterocycles. The van der Waals surface area contributed by atoms with Crippen molar-refractivity contribution in [3.05, 3.63) is 0 Å². The van der Waals surface area contributed by atoms with Gasteiger partial charge in [-0.3, -0.25) is 14.4 Å². The Balaban J connectivity index is 6.31. The summed E-state index contributed by atoms with van der Waals surface area (Å²) in [4.78, 5) is 105. The summed E-state index contributed by atoms with van der Waals surface area (Å²) in [5, 5.41) is 0. The van der Waals surface area contributed by atoms with Gasteiger partial charge in [0.05, 0.1) is 33.6 Å². The highest BCUT2D eigenvalue weighted by Crippen LogP contribution is 2.28. The number of ether oxygens (including phenoxy) is 3. The van der Waals surface area contributed by atoms with Gasteiger partial charge in [-0.05, 0) is 145 Å². The van der Waals surface area contributed by atoms with Gasteiger partial charge in [0.2, 0.25) is 17.4 Å². The highest BCUT2D eigenvalue weighted by Gasteiger charge is 2.41. The quantitative estimate of drug-likeness (QED) is 0.0319. The average molecular weight is 831 g/mol. The fraction of sp³-hybridized carbons (Fsp3) is 0.923. The monoisotopic (exact) mass is 830 g/mol. The van der Waals surface area contributed by atoms with Crippen molar-refractivity contribution in [2.24, 2.45) is 0 Å². The van der Waals surface area contributed by atoms with E-state index in [0.29, 0.717) is 0 Å². The van der Waals surface area contributed by atoms with Crippen molar-refractivity contribution in [2.75, 3.05) is 13.2 Å². The third kappa shape index (κ3) is 30.6. The lowest BCUT2D eigenvalue weighted by atomic mass is 10.2. The average Bonchev–Trinajstić information content (AvgIpc) is 2.99. The third-order valence-corrected chi connectivity index (χ3v) is 5.36. The van der Waals surface area contributed by atoms with Crippen molar-refractivity contribution in [1.29, 1.82) is 0 Å². The van der Waals surface area contributed by atoms with E-state index in [1.807, 2.05) is 0 Å². The summed E-state index contributed by atoms with van der Waals surface area (Å²) < 4.78 is 16.6. The van der Waals surface area contributed by atoms with E-state index >= 15 is 0 Å². The Morgan fingerprint density at radius 3 is 0.702 bits per heavy atom. The van der Waals surface area contributed by atoms with Gasteiger partial charge in [-0.2, -0.15) is 29.3 Å². The largest absolute Gasteiger partial charge is 0.461 e. The summed E-state index contributed by atoms with van der Waals surface area (Å²) in [6.07, 6.45) is -3.03. The van der Waals surface area contributed by atoms with E-state index in [-0.39, 0.29) is 0 Å². The first kappa shape index (κ1) is 54.9. The minimum absolute atomic E-state index is 0.539. The molecular weight excluding hydrogens is 756 g/mol. The summed E-state index contributed by atoms with van der Waals surface area (Å²) in [6, 6.07) is 0. The van der Waals surface area contributed by atoms with Crippen molar-refractivity contribution < 1.29 is 87.2 Å². The van der Waals surface area contributed by atoms with Crippen molar-refractivity contribution in [3.63, 3.8) is 0 Å². The van der Waals surface area contributed by atoms with Crippen LogP contribution < -0.4 is 0 Å². The van der Waals surface area contributed by atoms with Gasteiger partial charge in [0.15, 0.2) is 6.10 Å². The molecule has 18 nitrogen and oxygen atoms in total. The molecule has 0 fully saturated rings. The van der Waals surface area contributed by atoms with Crippen LogP contribution in [0.15, 0.2) is 0 Å². The molecule has 0 aliphatic rings. The van der Waals surface area contributed by atoms with Crippen LogP contribution in [-0.2, 0) is 87.2 Å². The zero-order valence-corrected chi connectivity index (χ0v) is 38.5. The molecule has 0 radical (unpaired) electrons. The summed E-state index contributed by atoms with van der Waals surface area (Å²) in [6.45, 7) is 34.2. The molecule has 0 saturated carbocycles. The van der Waals surface area contributed by atoms with Gasteiger partial charge in [0, 0.05) is 0 Å². The Bertz CT molecular complexity index is 1110. The van der Waals surface area contributed by atoms with Crippen LogP contribution in [0, 0.1) is 0 Å². The molecule has 338 valence electrons. The molecule has 0 atom stereocenters. The lowest BCUT2D eigenvalue weighted by Gasteiger charge is -2.33. The lowest BCUT2D eigenvalue weighted by Crippen LogP contribution is -2.43. The molecule has 0 rings (SSSR count). The van der Waals surface area contributed by atoms with Gasteiger partial charge < -0.3 is 14.2 Å². The van der Waals surface area contributed by atoms with Gasteiger partial charge in [0.25, 0.3) is 0 Å². The predicted molar refractivity (Wildman–Crippen MR) is 202 cm³/mol. The smallest absolute Gasteiger partial charge is 0.312 e. The number of carbonyl (C=O) groups excluding carboxylic acids is 3. The molecule has 0 amide bonds. The highest BCUT2D eigenvalue weighted by molar-refractivity contribution is 5.72. The van der Waals surface area contributed by atoms with E-state index in [2.05, 4.69) is 0 Å². The summed E-state index contributed by atoms with van der Waals surface area (Å²) in [7, 11) is 0. The summed E-state index contributed by atoms with van der Waals surface area (Å²) in [5.41, 5.74) is -4.70. The van der Waals surface area contributed by atoms with Crippen LogP contribution in [0.5, 0.6) is 0 Å². The number of hydrogen-bond donors (Lipinski definition) is 0. The van der Waals surface area contributed by atoms with Gasteiger partial charge >= 0.3 is 17.9 Å². The van der Waals surface area contributed by atoms with Crippen LogP contribution in [0.25, 0.3) is 0 Å². The molecule has 0 N–H and O–H groups in total. The van der Waals surface area contributed by atoms with Crippen LogP contribution in [0.1, 0.15) is 165 Å². The van der Waals surface area contributed by atoms with Gasteiger partial charge in [-0.15, -0.1) is 0 Å². The molecule has 0 saturated heterocycles. The van der Waals surface area contributed by atoms with E-state index < -0.39 is 107 Å². The van der Waals surface area contributed by atoms with Crippen LogP contribution >= 0.6 is 0 Å². The number of hydrogen-bond acceptors (Lipinski definition) is 18. The molecule has 0 aromatic carbocycles. The lowest BCUT2D eigenvalue weighted by molar-refractivity contribution is -0.535. The molecule has 57 heavy (non-hydrogen) atoms. The molecule has 0 aliphatic heterocycles. The van der Waals surface area contributed by atoms with E-state index in [1.54, 1.807) is 125 Å². The van der Waals surface area contributed by atoms with Crippen LogP contribution in [0.3, 0.4) is 0 Å². The molecule has 18 heteroatoms. The summed E-state index contributed by atoms with van der Waals surface area (Å²) in [5.74, 6) is -8.04. The SMILES string of the molecule is CC(C)(C)OOC(C)(CC(=O)OCC(COC(=O)CC(C)(OOC(C)(C)C)OOC(C)(C)C)OC(=O)CC(C)(OOC(C)(C)C)OOC(C)(C)C)OOC(C)(C)C. The Hall–Kier alpha value is -2.07. The second-order valence-electron chi connectivity index (χ2n) is 20.1. The Kier molecular flexibility index (Phi) is 20.7. The first-order valence-corrected chi connectivity index (χ1v) is 18.9. The minimum atomic E-state index is -1.82. The first-order chi connectivity index (χ1) is 25.2. The third-order valence-electron chi connectivity index (χ3n) is 5.36. The first-order valence-electron chi connectivity index (χ1n) is 18.9. The van der Waals surface area contributed by atoms with Crippen molar-refractivity contribution in [2.45, 2.75) is 222 Å². The van der Waals surface area contributed by atoms with Gasteiger partial charge in [-0.1, -0.05) is 0 Å². The molecule has 0 spiro atoms. The van der Waals surface area contributed by atoms with Gasteiger partial charge in [-0.25, -0.2) is 29.3 Å². The molecule has 0 unspecified atom stereocenters. The Morgan fingerprint density at radius 2 is 0.509 bits per heavy atom. The highest BCUT2D eigenvalue weighted by atomic mass is 17.3. The van der Waals surface area contributed by atoms with Crippen molar-refractivity contribution >= 4 is 17.9 Å². The normalized spacial score (nSPS) is 14.2. The molecule has 0 aliphatic carbocycles. The van der Waals surface area contributed by atoms with E-state index in [9.17, 15) is 14.4 Å². The van der Waals surface area contributed by atoms with Crippen molar-refractivity contribution in [1.82, 2.24) is 0 Å². The minimum Gasteiger partial charge on any atom is -0.461 e.